The predicted octanol–water partition coefficient (Wildman–Crippen LogP) is 0.460. The van der Waals surface area contributed by atoms with Crippen molar-refractivity contribution in [1.82, 2.24) is 4.90 Å². The Labute approximate surface area is 162 Å². The number of ether oxygens (including phenoxy) is 1. The fourth-order valence-corrected chi connectivity index (χ4v) is 3.48. The fourth-order valence-electron chi connectivity index (χ4n) is 3.48. The number of nitrogens with zero attached hydrogens (tertiary/aromatic N) is 2. The largest absolute Gasteiger partial charge is 0.466 e. The average Bonchev–Trinajstić information content (AvgIpc) is 3.00. The van der Waals surface area contributed by atoms with Crippen molar-refractivity contribution in [3.63, 3.8) is 0 Å². The van der Waals surface area contributed by atoms with Gasteiger partial charge in [-0.3, -0.25) is 4.79 Å². The monoisotopic (exact) mass is 393 g/mol. The SMILES string of the molecule is COC(=O)C1=C(Nc2c(F)cccc2N2CCC(O)CC2)C(=O)N(CCO)C1. The molecular weight excluding hydrogens is 369 g/mol. The van der Waals surface area contributed by atoms with Gasteiger partial charge in [0.25, 0.3) is 5.91 Å². The molecule has 0 saturated carbocycles. The maximum absolute atomic E-state index is 14.7. The minimum absolute atomic E-state index is 0.0197. The van der Waals surface area contributed by atoms with Gasteiger partial charge in [0.1, 0.15) is 11.5 Å². The van der Waals surface area contributed by atoms with E-state index in [1.54, 1.807) is 12.1 Å². The van der Waals surface area contributed by atoms with Crippen molar-refractivity contribution < 1.29 is 28.9 Å². The Bertz CT molecular complexity index is 790. The molecule has 0 aromatic heterocycles. The molecule has 1 amide bonds. The first kappa shape index (κ1) is 20.1. The molecule has 2 aliphatic rings. The van der Waals surface area contributed by atoms with Crippen molar-refractivity contribution in [2.45, 2.75) is 18.9 Å². The molecule has 1 fully saturated rings. The molecule has 0 spiro atoms. The van der Waals surface area contributed by atoms with E-state index in [0.29, 0.717) is 31.6 Å². The molecule has 2 heterocycles. The Kier molecular flexibility index (Phi) is 6.15. The number of hydrogen-bond donors (Lipinski definition) is 3. The number of β-amino-alcohol motifs (C(OH)–C–C–N with tert-alkyl or cyclic N) is 1. The lowest BCUT2D eigenvalue weighted by Gasteiger charge is -2.33. The predicted molar refractivity (Wildman–Crippen MR) is 100 cm³/mol. The Morgan fingerprint density at radius 1 is 1.36 bits per heavy atom. The number of piperidine rings is 1. The van der Waals surface area contributed by atoms with Crippen LogP contribution in [0.1, 0.15) is 12.8 Å². The van der Waals surface area contributed by atoms with E-state index in [-0.39, 0.29) is 42.8 Å². The number of benzene rings is 1. The van der Waals surface area contributed by atoms with E-state index in [0.717, 1.165) is 0 Å². The van der Waals surface area contributed by atoms with Crippen LogP contribution in [0.25, 0.3) is 0 Å². The molecule has 1 saturated heterocycles. The number of aliphatic hydroxyl groups excluding tert-OH is 2. The number of methoxy groups -OCH3 is 1. The average molecular weight is 393 g/mol. The van der Waals surface area contributed by atoms with Crippen molar-refractivity contribution >= 4 is 23.3 Å². The first-order valence-electron chi connectivity index (χ1n) is 9.16. The first-order chi connectivity index (χ1) is 13.5. The third-order valence-electron chi connectivity index (χ3n) is 5.00. The van der Waals surface area contributed by atoms with Crippen LogP contribution < -0.4 is 10.2 Å². The number of halogens is 1. The van der Waals surface area contributed by atoms with E-state index >= 15 is 0 Å². The van der Waals surface area contributed by atoms with Crippen molar-refractivity contribution in [2.24, 2.45) is 0 Å². The third kappa shape index (κ3) is 3.95. The number of hydrogen-bond acceptors (Lipinski definition) is 7. The van der Waals surface area contributed by atoms with Gasteiger partial charge in [-0.05, 0) is 25.0 Å². The van der Waals surface area contributed by atoms with Gasteiger partial charge in [0.05, 0.1) is 43.3 Å². The highest BCUT2D eigenvalue weighted by atomic mass is 19.1. The molecule has 0 unspecified atom stereocenters. The summed E-state index contributed by atoms with van der Waals surface area (Å²) in [5.41, 5.74) is 0.680. The summed E-state index contributed by atoms with van der Waals surface area (Å²) >= 11 is 0. The lowest BCUT2D eigenvalue weighted by atomic mass is 10.1. The van der Waals surface area contributed by atoms with Crippen LogP contribution in [0.2, 0.25) is 0 Å². The van der Waals surface area contributed by atoms with Gasteiger partial charge in [-0.2, -0.15) is 0 Å². The summed E-state index contributed by atoms with van der Waals surface area (Å²) in [4.78, 5) is 28.0. The second kappa shape index (κ2) is 8.57. The maximum atomic E-state index is 14.7. The van der Waals surface area contributed by atoms with Gasteiger partial charge in [0.2, 0.25) is 0 Å². The molecule has 3 rings (SSSR count). The molecule has 2 aliphatic heterocycles. The number of nitrogens with one attached hydrogen (secondary N) is 1. The van der Waals surface area contributed by atoms with Crippen LogP contribution in [0, 0.1) is 5.82 Å². The van der Waals surface area contributed by atoms with Gasteiger partial charge in [-0.25, -0.2) is 9.18 Å². The summed E-state index contributed by atoms with van der Waals surface area (Å²) in [5, 5.41) is 21.7. The quantitative estimate of drug-likeness (QED) is 0.604. The number of anilines is 2. The number of para-hydroxylation sites is 1. The number of amides is 1. The van der Waals surface area contributed by atoms with E-state index in [1.807, 2.05) is 4.90 Å². The van der Waals surface area contributed by atoms with E-state index in [9.17, 15) is 19.1 Å². The lowest BCUT2D eigenvalue weighted by molar-refractivity contribution is -0.136. The molecule has 9 heteroatoms. The van der Waals surface area contributed by atoms with Crippen molar-refractivity contribution in [2.75, 3.05) is 50.1 Å². The van der Waals surface area contributed by atoms with Crippen molar-refractivity contribution in [3.05, 3.63) is 35.3 Å². The smallest absolute Gasteiger partial charge is 0.337 e. The topological polar surface area (TPSA) is 102 Å². The molecule has 1 aromatic rings. The fraction of sp³-hybridized carbons (Fsp3) is 0.474. The zero-order valence-electron chi connectivity index (χ0n) is 15.7. The van der Waals surface area contributed by atoms with Gasteiger partial charge in [-0.15, -0.1) is 0 Å². The van der Waals surface area contributed by atoms with Gasteiger partial charge in [-0.1, -0.05) is 6.07 Å². The zero-order valence-corrected chi connectivity index (χ0v) is 15.7. The van der Waals surface area contributed by atoms with Crippen LogP contribution in [-0.4, -0.2) is 73.0 Å². The van der Waals surface area contributed by atoms with Crippen molar-refractivity contribution in [3.8, 4) is 0 Å². The molecule has 0 bridgehead atoms. The molecule has 152 valence electrons. The van der Waals surface area contributed by atoms with Gasteiger partial charge in [0.15, 0.2) is 0 Å². The van der Waals surface area contributed by atoms with Crippen LogP contribution >= 0.6 is 0 Å². The molecule has 28 heavy (non-hydrogen) atoms. The Balaban J connectivity index is 1.95. The highest BCUT2D eigenvalue weighted by molar-refractivity contribution is 6.09. The van der Waals surface area contributed by atoms with Crippen LogP contribution in [0.5, 0.6) is 0 Å². The molecule has 0 radical (unpaired) electrons. The van der Waals surface area contributed by atoms with E-state index < -0.39 is 17.7 Å². The molecule has 0 aliphatic carbocycles. The number of aliphatic hydroxyl groups is 2. The first-order valence-corrected chi connectivity index (χ1v) is 9.16. The molecule has 3 N–H and O–H groups in total. The van der Waals surface area contributed by atoms with E-state index in [2.05, 4.69) is 5.32 Å². The summed E-state index contributed by atoms with van der Waals surface area (Å²) in [7, 11) is 1.21. The summed E-state index contributed by atoms with van der Waals surface area (Å²) in [6.45, 7) is 0.876. The summed E-state index contributed by atoms with van der Waals surface area (Å²) in [6.07, 6.45) is 0.753. The Hall–Kier alpha value is -2.65. The maximum Gasteiger partial charge on any atom is 0.337 e. The number of carbonyl (C=O) groups excluding carboxylic acids is 2. The van der Waals surface area contributed by atoms with E-state index in [4.69, 9.17) is 9.84 Å². The number of rotatable bonds is 6. The second-order valence-electron chi connectivity index (χ2n) is 6.77. The minimum Gasteiger partial charge on any atom is -0.466 e. The highest BCUT2D eigenvalue weighted by Crippen LogP contribution is 2.33. The standard InChI is InChI=1S/C19H24FN3O5/c1-28-19(27)13-11-23(9-10-24)18(26)16(13)21-17-14(20)3-2-4-15(17)22-7-5-12(25)6-8-22/h2-4,12,21,24-25H,5-11H2,1H3. The third-order valence-corrected chi connectivity index (χ3v) is 5.00. The summed E-state index contributed by atoms with van der Waals surface area (Å²) in [5.74, 6) is -1.75. The number of carbonyl (C=O) groups is 2. The summed E-state index contributed by atoms with van der Waals surface area (Å²) in [6, 6.07) is 4.57. The molecule has 0 atom stereocenters. The van der Waals surface area contributed by atoms with Crippen molar-refractivity contribution in [1.29, 1.82) is 0 Å². The zero-order chi connectivity index (χ0) is 20.3. The van der Waals surface area contributed by atoms with Crippen LogP contribution in [0.3, 0.4) is 0 Å². The number of esters is 1. The van der Waals surface area contributed by atoms with Gasteiger partial charge in [0, 0.05) is 19.6 Å². The Morgan fingerprint density at radius 2 is 2.07 bits per heavy atom. The van der Waals surface area contributed by atoms with Gasteiger partial charge < -0.3 is 30.1 Å². The van der Waals surface area contributed by atoms with Crippen LogP contribution in [0.4, 0.5) is 15.8 Å². The van der Waals surface area contributed by atoms with Crippen LogP contribution in [-0.2, 0) is 14.3 Å². The van der Waals surface area contributed by atoms with Gasteiger partial charge >= 0.3 is 5.97 Å². The van der Waals surface area contributed by atoms with E-state index in [1.165, 1.54) is 18.1 Å². The van der Waals surface area contributed by atoms with Crippen LogP contribution in [0.15, 0.2) is 29.5 Å². The molecule has 1 aromatic carbocycles. The normalized spacial score (nSPS) is 18.1. The summed E-state index contributed by atoms with van der Waals surface area (Å²) < 4.78 is 19.4. The minimum atomic E-state index is -0.685. The molecule has 8 nitrogen and oxygen atoms in total. The lowest BCUT2D eigenvalue weighted by Crippen LogP contribution is -2.36. The second-order valence-corrected chi connectivity index (χ2v) is 6.77. The highest BCUT2D eigenvalue weighted by Gasteiger charge is 2.35. The molecular formula is C19H24FN3O5. The Morgan fingerprint density at radius 3 is 2.71 bits per heavy atom.